The van der Waals surface area contributed by atoms with Gasteiger partial charge in [-0.3, -0.25) is 5.32 Å². The van der Waals surface area contributed by atoms with Crippen LogP contribution < -0.4 is 5.32 Å². The summed E-state index contributed by atoms with van der Waals surface area (Å²) < 4.78 is 29.7. The van der Waals surface area contributed by atoms with Crippen LogP contribution in [0.2, 0.25) is 5.02 Å². The van der Waals surface area contributed by atoms with Gasteiger partial charge in [0.25, 0.3) is 10.0 Å². The molecule has 1 heterocycles. The Morgan fingerprint density at radius 3 is 2.23 bits per heavy atom. The number of aryl methyl sites for hydroxylation is 1. The molecule has 0 spiro atoms. The molecule has 5 rings (SSSR count). The van der Waals surface area contributed by atoms with Crippen molar-refractivity contribution in [3.05, 3.63) is 101 Å². The van der Waals surface area contributed by atoms with E-state index in [1.165, 1.54) is 10.8 Å². The van der Waals surface area contributed by atoms with Crippen LogP contribution in [0.25, 0.3) is 0 Å². The summed E-state index contributed by atoms with van der Waals surface area (Å²) >= 11 is 6.24. The van der Waals surface area contributed by atoms with Crippen molar-refractivity contribution in [2.24, 2.45) is 5.10 Å². The Balaban J connectivity index is 1.68. The predicted molar refractivity (Wildman–Crippen MR) is 141 cm³/mol. The zero-order valence-electron chi connectivity index (χ0n) is 19.8. The van der Waals surface area contributed by atoms with Crippen LogP contribution in [0.1, 0.15) is 55.2 Å². The van der Waals surface area contributed by atoms with E-state index in [0.717, 1.165) is 48.1 Å². The molecule has 7 heteroatoms. The number of nitrogens with one attached hydrogen (secondary N) is 1. The van der Waals surface area contributed by atoms with Crippen LogP contribution in [0.15, 0.2) is 88.9 Å². The number of hydrazone groups is 1. The standard InChI is InChI=1S/C28H30ClN3O2S/c1-21-12-18-26(19-13-21)35(33,34)32-28(23-14-16-24(29)17-15-23,30-25-10-6-3-7-11-25)20-27(31-32)22-8-4-2-5-9-22/h2,4-5,8-9,12-19,25,30H,3,6-7,10-11,20H2,1H3. The van der Waals surface area contributed by atoms with Gasteiger partial charge in [0.15, 0.2) is 5.66 Å². The second-order valence-electron chi connectivity index (χ2n) is 9.50. The van der Waals surface area contributed by atoms with Crippen molar-refractivity contribution in [1.82, 2.24) is 9.73 Å². The maximum atomic E-state index is 14.2. The Morgan fingerprint density at radius 1 is 0.914 bits per heavy atom. The number of halogens is 1. The number of hydrogen-bond donors (Lipinski definition) is 1. The fraction of sp³-hybridized carbons (Fsp3) is 0.321. The molecule has 5 nitrogen and oxygen atoms in total. The van der Waals surface area contributed by atoms with Gasteiger partial charge >= 0.3 is 0 Å². The molecule has 2 aliphatic rings. The van der Waals surface area contributed by atoms with Gasteiger partial charge in [0.2, 0.25) is 0 Å². The van der Waals surface area contributed by atoms with Crippen molar-refractivity contribution in [2.45, 2.75) is 62.0 Å². The Bertz CT molecular complexity index is 1300. The van der Waals surface area contributed by atoms with Gasteiger partial charge < -0.3 is 0 Å². The van der Waals surface area contributed by atoms with Gasteiger partial charge in [-0.2, -0.15) is 17.9 Å². The topological polar surface area (TPSA) is 61.8 Å². The van der Waals surface area contributed by atoms with Crippen LogP contribution in [-0.2, 0) is 15.7 Å². The number of nitrogens with zero attached hydrogens (tertiary/aromatic N) is 2. The summed E-state index contributed by atoms with van der Waals surface area (Å²) in [6.45, 7) is 1.94. The average molecular weight is 508 g/mol. The van der Waals surface area contributed by atoms with Crippen LogP contribution in [0.4, 0.5) is 0 Å². The van der Waals surface area contributed by atoms with Gasteiger partial charge in [0.05, 0.1) is 10.6 Å². The van der Waals surface area contributed by atoms with Gasteiger partial charge in [-0.15, -0.1) is 0 Å². The fourth-order valence-electron chi connectivity index (χ4n) is 5.11. The molecular formula is C28H30ClN3O2S. The van der Waals surface area contributed by atoms with Crippen molar-refractivity contribution in [1.29, 1.82) is 0 Å². The molecule has 0 bridgehead atoms. The molecule has 35 heavy (non-hydrogen) atoms. The quantitative estimate of drug-likeness (QED) is 0.430. The Morgan fingerprint density at radius 2 is 1.57 bits per heavy atom. The van der Waals surface area contributed by atoms with E-state index in [-0.39, 0.29) is 10.9 Å². The second kappa shape index (κ2) is 9.76. The maximum absolute atomic E-state index is 14.2. The van der Waals surface area contributed by atoms with Crippen molar-refractivity contribution in [3.8, 4) is 0 Å². The number of sulfonamides is 1. The zero-order chi connectivity index (χ0) is 24.5. The smallest absolute Gasteiger partial charge is 0.281 e. The van der Waals surface area contributed by atoms with E-state index in [1.807, 2.05) is 73.7 Å². The molecule has 1 fully saturated rings. The third kappa shape index (κ3) is 4.75. The molecule has 0 amide bonds. The van der Waals surface area contributed by atoms with Crippen molar-refractivity contribution >= 4 is 27.3 Å². The van der Waals surface area contributed by atoms with E-state index in [2.05, 4.69) is 5.32 Å². The van der Waals surface area contributed by atoms with Crippen molar-refractivity contribution in [3.63, 3.8) is 0 Å². The zero-order valence-corrected chi connectivity index (χ0v) is 21.4. The fourth-order valence-corrected chi connectivity index (χ4v) is 6.76. The van der Waals surface area contributed by atoms with Crippen LogP contribution in [0.5, 0.6) is 0 Å². The summed E-state index contributed by atoms with van der Waals surface area (Å²) in [6, 6.07) is 24.4. The normalized spacial score (nSPS) is 21.2. The molecule has 1 atom stereocenters. The minimum Gasteiger partial charge on any atom is -0.286 e. The number of rotatable bonds is 6. The molecule has 182 valence electrons. The van der Waals surface area contributed by atoms with Crippen molar-refractivity contribution in [2.75, 3.05) is 0 Å². The average Bonchev–Trinajstić information content (AvgIpc) is 3.27. The lowest BCUT2D eigenvalue weighted by atomic mass is 9.88. The minimum atomic E-state index is -3.96. The van der Waals surface area contributed by atoms with Gasteiger partial charge in [-0.25, -0.2) is 0 Å². The Labute approximate surface area is 212 Å². The largest absolute Gasteiger partial charge is 0.286 e. The third-order valence-electron chi connectivity index (χ3n) is 6.98. The summed E-state index contributed by atoms with van der Waals surface area (Å²) in [4.78, 5) is 0.227. The first-order valence-electron chi connectivity index (χ1n) is 12.2. The van der Waals surface area contributed by atoms with E-state index in [1.54, 1.807) is 12.1 Å². The van der Waals surface area contributed by atoms with Crippen LogP contribution in [0.3, 0.4) is 0 Å². The van der Waals surface area contributed by atoms with Gasteiger partial charge in [-0.1, -0.05) is 91.0 Å². The first kappa shape index (κ1) is 24.0. The third-order valence-corrected chi connectivity index (χ3v) is 8.95. The van der Waals surface area contributed by atoms with Crippen LogP contribution >= 0.6 is 11.6 Å². The summed E-state index contributed by atoms with van der Waals surface area (Å²) in [7, 11) is -3.96. The van der Waals surface area contributed by atoms with E-state index in [9.17, 15) is 8.42 Å². The molecule has 0 saturated heterocycles. The summed E-state index contributed by atoms with van der Waals surface area (Å²) in [5.74, 6) is 0. The highest BCUT2D eigenvalue weighted by Crippen LogP contribution is 2.42. The monoisotopic (exact) mass is 507 g/mol. The summed E-state index contributed by atoms with van der Waals surface area (Å²) in [5, 5.41) is 9.21. The second-order valence-corrected chi connectivity index (χ2v) is 11.7. The van der Waals surface area contributed by atoms with Crippen LogP contribution in [0, 0.1) is 6.92 Å². The molecule has 3 aromatic rings. The minimum absolute atomic E-state index is 0.195. The SMILES string of the molecule is Cc1ccc(S(=O)(=O)N2N=C(c3ccccc3)CC2(NC2CCCCC2)c2ccc(Cl)cc2)cc1. The number of hydrogen-bond acceptors (Lipinski definition) is 4. The molecule has 1 aliphatic carbocycles. The highest BCUT2D eigenvalue weighted by atomic mass is 35.5. The molecule has 1 saturated carbocycles. The van der Waals surface area contributed by atoms with E-state index in [4.69, 9.17) is 16.7 Å². The first-order valence-corrected chi connectivity index (χ1v) is 14.0. The molecule has 3 aromatic carbocycles. The Kier molecular flexibility index (Phi) is 6.71. The first-order chi connectivity index (χ1) is 16.9. The van der Waals surface area contributed by atoms with Crippen LogP contribution in [-0.4, -0.2) is 24.6 Å². The molecule has 0 aromatic heterocycles. The summed E-state index contributed by atoms with van der Waals surface area (Å²) in [5.41, 5.74) is 2.43. The predicted octanol–water partition coefficient (Wildman–Crippen LogP) is 6.22. The molecule has 1 unspecified atom stereocenters. The van der Waals surface area contributed by atoms with E-state index < -0.39 is 15.7 Å². The highest BCUT2D eigenvalue weighted by molar-refractivity contribution is 7.89. The maximum Gasteiger partial charge on any atom is 0.281 e. The lowest BCUT2D eigenvalue weighted by molar-refractivity contribution is 0.135. The lowest BCUT2D eigenvalue weighted by Crippen LogP contribution is -2.57. The van der Waals surface area contributed by atoms with Gasteiger partial charge in [0, 0.05) is 17.5 Å². The molecule has 1 aliphatic heterocycles. The van der Waals surface area contributed by atoms with E-state index >= 15 is 0 Å². The number of benzene rings is 3. The highest BCUT2D eigenvalue weighted by Gasteiger charge is 2.51. The van der Waals surface area contributed by atoms with Crippen molar-refractivity contribution < 1.29 is 8.42 Å². The van der Waals surface area contributed by atoms with Gasteiger partial charge in [0.1, 0.15) is 0 Å². The molecular weight excluding hydrogens is 478 g/mol. The molecule has 1 N–H and O–H groups in total. The Hall–Kier alpha value is -2.67. The summed E-state index contributed by atoms with van der Waals surface area (Å²) in [6.07, 6.45) is 5.91. The van der Waals surface area contributed by atoms with Gasteiger partial charge in [-0.05, 0) is 55.2 Å². The molecule has 0 radical (unpaired) electrons. The van der Waals surface area contributed by atoms with E-state index in [0.29, 0.717) is 11.4 Å². The lowest BCUT2D eigenvalue weighted by Gasteiger charge is -2.41.